The number of carbonyl (C=O) groups excluding carboxylic acids is 1. The van der Waals surface area contributed by atoms with Crippen LogP contribution >= 0.6 is 12.4 Å². The maximum Gasteiger partial charge on any atom is 0.277 e. The van der Waals surface area contributed by atoms with Gasteiger partial charge in [-0.25, -0.2) is 13.9 Å². The summed E-state index contributed by atoms with van der Waals surface area (Å²) in [6, 6.07) is 0. The van der Waals surface area contributed by atoms with E-state index in [1.165, 1.54) is 0 Å². The lowest BCUT2D eigenvalue weighted by Crippen LogP contribution is -2.47. The van der Waals surface area contributed by atoms with Gasteiger partial charge in [0.2, 0.25) is 5.91 Å². The Bertz CT molecular complexity index is 427. The molecule has 0 radical (unpaired) electrons. The maximum atomic E-state index is 12.9. The van der Waals surface area contributed by atoms with Crippen LogP contribution in [0.15, 0.2) is 0 Å². The van der Waals surface area contributed by atoms with E-state index < -0.39 is 41.0 Å². The van der Waals surface area contributed by atoms with Crippen LogP contribution in [-0.2, 0) is 15.0 Å². The number of alkyl halides is 2. The van der Waals surface area contributed by atoms with E-state index in [2.05, 4.69) is 5.32 Å². The molecule has 0 aliphatic carbocycles. The van der Waals surface area contributed by atoms with Gasteiger partial charge in [0, 0.05) is 19.0 Å². The van der Waals surface area contributed by atoms with Crippen LogP contribution in [0.3, 0.4) is 0 Å². The molecule has 120 valence electrons. The number of rotatable bonds is 5. The third-order valence-corrected chi connectivity index (χ3v) is 4.09. The van der Waals surface area contributed by atoms with Gasteiger partial charge in [-0.05, 0) is 12.8 Å². The van der Waals surface area contributed by atoms with Crippen molar-refractivity contribution in [2.75, 3.05) is 26.2 Å². The number of nitrogens with two attached hydrogens (primary N) is 2. The van der Waals surface area contributed by atoms with Crippen molar-refractivity contribution in [3.05, 3.63) is 0 Å². The minimum Gasteiger partial charge on any atom is -0.350 e. The fourth-order valence-corrected chi connectivity index (χ4v) is 2.53. The third-order valence-electron chi connectivity index (χ3n) is 3.00. The van der Waals surface area contributed by atoms with Crippen LogP contribution in [0.1, 0.15) is 12.8 Å². The van der Waals surface area contributed by atoms with E-state index >= 15 is 0 Å². The van der Waals surface area contributed by atoms with Gasteiger partial charge in [-0.3, -0.25) is 4.79 Å². The third kappa shape index (κ3) is 5.83. The Morgan fingerprint density at radius 2 is 1.85 bits per heavy atom. The van der Waals surface area contributed by atoms with Gasteiger partial charge in [-0.15, -0.1) is 12.4 Å². The highest BCUT2D eigenvalue weighted by atomic mass is 35.5. The molecule has 1 fully saturated rings. The van der Waals surface area contributed by atoms with Gasteiger partial charge in [-0.2, -0.15) is 12.7 Å². The SMILES string of the molecule is Cl.NCC(F)(F)CNC(=O)C1CCN(S(N)(=O)=O)CC1. The average molecular weight is 337 g/mol. The molecule has 0 aromatic carbocycles. The molecule has 7 nitrogen and oxygen atoms in total. The zero-order chi connectivity index (χ0) is 14.7. The van der Waals surface area contributed by atoms with Gasteiger partial charge < -0.3 is 11.1 Å². The maximum absolute atomic E-state index is 12.9. The second-order valence-corrected chi connectivity index (χ2v) is 6.04. The number of halogens is 3. The molecule has 5 N–H and O–H groups in total. The molecule has 20 heavy (non-hydrogen) atoms. The van der Waals surface area contributed by atoms with Crippen LogP contribution in [0.25, 0.3) is 0 Å². The molecule has 0 aromatic rings. The minimum absolute atomic E-state index is 0. The summed E-state index contributed by atoms with van der Waals surface area (Å²) in [5, 5.41) is 7.08. The molecule has 1 heterocycles. The van der Waals surface area contributed by atoms with Crippen LogP contribution in [0, 0.1) is 5.92 Å². The van der Waals surface area contributed by atoms with Crippen LogP contribution in [0.4, 0.5) is 8.78 Å². The van der Waals surface area contributed by atoms with E-state index in [0.717, 1.165) is 4.31 Å². The van der Waals surface area contributed by atoms with Gasteiger partial charge in [0.05, 0.1) is 13.1 Å². The molecule has 1 aliphatic rings. The molecule has 1 saturated heterocycles. The summed E-state index contributed by atoms with van der Waals surface area (Å²) < 4.78 is 48.9. The van der Waals surface area contributed by atoms with Crippen molar-refractivity contribution in [3.8, 4) is 0 Å². The smallest absolute Gasteiger partial charge is 0.277 e. The van der Waals surface area contributed by atoms with E-state index in [0.29, 0.717) is 0 Å². The molecule has 0 bridgehead atoms. The number of hydrogen-bond donors (Lipinski definition) is 3. The Labute approximate surface area is 122 Å². The summed E-state index contributed by atoms with van der Waals surface area (Å²) in [4.78, 5) is 11.6. The number of hydrogen-bond acceptors (Lipinski definition) is 4. The lowest BCUT2D eigenvalue weighted by Gasteiger charge is -2.29. The lowest BCUT2D eigenvalue weighted by molar-refractivity contribution is -0.127. The zero-order valence-electron chi connectivity index (χ0n) is 10.7. The molecule has 0 unspecified atom stereocenters. The highest BCUT2D eigenvalue weighted by Gasteiger charge is 2.32. The summed E-state index contributed by atoms with van der Waals surface area (Å²) in [6.07, 6.45) is 0.521. The standard InChI is InChI=1S/C9H18F2N4O3S.ClH/c10-9(11,5-12)6-14-8(16)7-1-3-15(4-2-7)19(13,17)18;/h7H,1-6,12H2,(H,14,16)(H2,13,17,18);1H. The monoisotopic (exact) mass is 336 g/mol. The van der Waals surface area contributed by atoms with Crippen LogP contribution < -0.4 is 16.2 Å². The number of amides is 1. The largest absolute Gasteiger partial charge is 0.350 e. The van der Waals surface area contributed by atoms with Crippen molar-refractivity contribution in [1.82, 2.24) is 9.62 Å². The number of piperidine rings is 1. The van der Waals surface area contributed by atoms with Crippen molar-refractivity contribution in [1.29, 1.82) is 0 Å². The number of nitrogens with one attached hydrogen (secondary N) is 1. The first kappa shape index (κ1) is 19.4. The second kappa shape index (κ2) is 7.46. The van der Waals surface area contributed by atoms with E-state index in [-0.39, 0.29) is 38.3 Å². The van der Waals surface area contributed by atoms with E-state index in [1.54, 1.807) is 0 Å². The predicted octanol–water partition coefficient (Wildman–Crippen LogP) is -0.966. The van der Waals surface area contributed by atoms with Crippen LogP contribution in [0.5, 0.6) is 0 Å². The first-order valence-corrected chi connectivity index (χ1v) is 7.29. The summed E-state index contributed by atoms with van der Waals surface area (Å²) in [7, 11) is -3.75. The Kier molecular flexibility index (Phi) is 7.25. The molecule has 0 saturated carbocycles. The van der Waals surface area contributed by atoms with Crippen molar-refractivity contribution in [2.45, 2.75) is 18.8 Å². The summed E-state index contributed by atoms with van der Waals surface area (Å²) in [5.74, 6) is -4.12. The van der Waals surface area contributed by atoms with E-state index in [1.807, 2.05) is 0 Å². The van der Waals surface area contributed by atoms with Crippen molar-refractivity contribution in [3.63, 3.8) is 0 Å². The first-order chi connectivity index (χ1) is 8.65. The normalized spacial score (nSPS) is 18.4. The molecule has 1 aliphatic heterocycles. The Hall–Kier alpha value is -0.550. The zero-order valence-corrected chi connectivity index (χ0v) is 12.4. The lowest BCUT2D eigenvalue weighted by atomic mass is 9.97. The van der Waals surface area contributed by atoms with Crippen molar-refractivity contribution < 1.29 is 22.0 Å². The number of nitrogens with zero attached hydrogens (tertiary/aromatic N) is 1. The molecule has 0 aromatic heterocycles. The number of carbonyl (C=O) groups is 1. The topological polar surface area (TPSA) is 119 Å². The van der Waals surface area contributed by atoms with Gasteiger partial charge in [0.25, 0.3) is 16.1 Å². The summed E-state index contributed by atoms with van der Waals surface area (Å²) in [5.41, 5.74) is 4.85. The van der Waals surface area contributed by atoms with Crippen LogP contribution in [0.2, 0.25) is 0 Å². The summed E-state index contributed by atoms with van der Waals surface area (Å²) >= 11 is 0. The van der Waals surface area contributed by atoms with Gasteiger partial charge >= 0.3 is 0 Å². The van der Waals surface area contributed by atoms with E-state index in [9.17, 15) is 22.0 Å². The Morgan fingerprint density at radius 3 is 2.25 bits per heavy atom. The average Bonchev–Trinajstić information content (AvgIpc) is 2.35. The molecular weight excluding hydrogens is 318 g/mol. The molecular formula is C9H19ClF2N4O3S. The Morgan fingerprint density at radius 1 is 1.35 bits per heavy atom. The fourth-order valence-electron chi connectivity index (χ4n) is 1.81. The molecule has 1 amide bonds. The highest BCUT2D eigenvalue weighted by molar-refractivity contribution is 7.86. The van der Waals surface area contributed by atoms with Crippen molar-refractivity contribution >= 4 is 28.5 Å². The van der Waals surface area contributed by atoms with Gasteiger partial charge in [0.15, 0.2) is 0 Å². The van der Waals surface area contributed by atoms with Gasteiger partial charge in [0.1, 0.15) is 0 Å². The first-order valence-electron chi connectivity index (χ1n) is 5.79. The van der Waals surface area contributed by atoms with Crippen molar-refractivity contribution in [2.24, 2.45) is 16.8 Å². The van der Waals surface area contributed by atoms with E-state index in [4.69, 9.17) is 10.9 Å². The molecule has 11 heteroatoms. The molecule has 1 rings (SSSR count). The Balaban J connectivity index is 0.00000361. The quantitative estimate of drug-likeness (QED) is 0.598. The highest BCUT2D eigenvalue weighted by Crippen LogP contribution is 2.19. The molecule has 0 spiro atoms. The fraction of sp³-hybridized carbons (Fsp3) is 0.889. The van der Waals surface area contributed by atoms with Gasteiger partial charge in [-0.1, -0.05) is 0 Å². The second-order valence-electron chi connectivity index (χ2n) is 4.50. The van der Waals surface area contributed by atoms with Crippen LogP contribution in [-0.4, -0.2) is 50.7 Å². The predicted molar refractivity (Wildman–Crippen MR) is 71.7 cm³/mol. The molecule has 0 atom stereocenters. The minimum atomic E-state index is -3.75. The summed E-state index contributed by atoms with van der Waals surface area (Å²) in [6.45, 7) is -1.41.